The molecule has 15 rings (SSSR count). The lowest BCUT2D eigenvalue weighted by Gasteiger charge is -2.42. The Bertz CT molecular complexity index is 4310. The van der Waals surface area contributed by atoms with E-state index in [1.165, 1.54) is 5.39 Å². The van der Waals surface area contributed by atoms with Gasteiger partial charge in [0.15, 0.2) is 29.0 Å². The summed E-state index contributed by atoms with van der Waals surface area (Å²) in [6.45, 7) is 0. The molecule has 0 aliphatic carbocycles. The van der Waals surface area contributed by atoms with E-state index in [0.29, 0.717) is 17.5 Å². The molecule has 8 heteroatoms. The number of rotatable bonds is 6. The van der Waals surface area contributed by atoms with Crippen molar-refractivity contribution in [2.24, 2.45) is 0 Å². The number of ether oxygens (including phenoxy) is 1. The quantitative estimate of drug-likeness (QED) is 0.163. The number of para-hydroxylation sites is 8. The van der Waals surface area contributed by atoms with Gasteiger partial charge in [-0.3, -0.25) is 0 Å². The lowest BCUT2D eigenvalue weighted by Crippen LogP contribution is -2.25. The molecule has 0 bridgehead atoms. The van der Waals surface area contributed by atoms with Gasteiger partial charge in [0, 0.05) is 38.4 Å². The predicted molar refractivity (Wildman–Crippen MR) is 296 cm³/mol. The lowest BCUT2D eigenvalue weighted by molar-refractivity contribution is 0.477. The van der Waals surface area contributed by atoms with E-state index in [1.807, 2.05) is 84.9 Å². The van der Waals surface area contributed by atoms with Crippen molar-refractivity contribution in [3.05, 3.63) is 243 Å². The standard InChI is InChI=1S/C65H40N6O2/c1-2-18-42(19-3-1)63-66-64(68-65(67-63)50-25-16-24-49-48-23-6-11-32-59(48)73-62(49)50)44-35-37-47-43(39-44)21-15-31-52(47)70-53-26-7-8-27-54(53)71(51-30-14-20-41-17-4-5-22-46(41)51)58-40-45(36-38-55(58)70)69-56-28-9-12-33-60(56)72-61-34-13-10-29-57(61)69/h1-40H. The summed E-state index contributed by atoms with van der Waals surface area (Å²) in [5, 5.41) is 6.53. The fourth-order valence-electron chi connectivity index (χ4n) is 10.9. The minimum absolute atomic E-state index is 0.545. The fourth-order valence-corrected chi connectivity index (χ4v) is 10.9. The summed E-state index contributed by atoms with van der Waals surface area (Å²) < 4.78 is 13.0. The maximum absolute atomic E-state index is 6.51. The first kappa shape index (κ1) is 40.8. The molecule has 0 unspecified atom stereocenters. The van der Waals surface area contributed by atoms with E-state index in [9.17, 15) is 0 Å². The number of nitrogens with zero attached hydrogens (tertiary/aromatic N) is 6. The Morgan fingerprint density at radius 1 is 0.301 bits per heavy atom. The van der Waals surface area contributed by atoms with Crippen LogP contribution in [-0.4, -0.2) is 15.0 Å². The van der Waals surface area contributed by atoms with Crippen LogP contribution in [-0.2, 0) is 0 Å². The molecule has 0 spiro atoms. The van der Waals surface area contributed by atoms with Crippen molar-refractivity contribution in [2.75, 3.05) is 14.7 Å². The van der Waals surface area contributed by atoms with E-state index in [2.05, 4.69) is 172 Å². The largest absolute Gasteiger partial charge is 0.455 e. The van der Waals surface area contributed by atoms with Gasteiger partial charge in [-0.25, -0.2) is 15.0 Å². The van der Waals surface area contributed by atoms with Gasteiger partial charge in [0.1, 0.15) is 11.2 Å². The molecule has 0 fully saturated rings. The summed E-state index contributed by atoms with van der Waals surface area (Å²) in [4.78, 5) is 22.6. The van der Waals surface area contributed by atoms with Gasteiger partial charge in [0.05, 0.1) is 51.1 Å². The number of aromatic nitrogens is 3. The zero-order chi connectivity index (χ0) is 48.0. The van der Waals surface area contributed by atoms with Crippen molar-refractivity contribution in [1.82, 2.24) is 15.0 Å². The van der Waals surface area contributed by atoms with E-state index < -0.39 is 0 Å². The zero-order valence-corrected chi connectivity index (χ0v) is 39.1. The van der Waals surface area contributed by atoms with Crippen molar-refractivity contribution in [2.45, 2.75) is 0 Å². The summed E-state index contributed by atoms with van der Waals surface area (Å²) in [5.41, 5.74) is 13.4. The molecule has 0 amide bonds. The highest BCUT2D eigenvalue weighted by Crippen LogP contribution is 2.58. The van der Waals surface area contributed by atoms with Crippen LogP contribution in [0.4, 0.5) is 51.2 Å². The molecule has 2 aliphatic heterocycles. The third-order valence-electron chi connectivity index (χ3n) is 14.2. The van der Waals surface area contributed by atoms with Gasteiger partial charge in [-0.15, -0.1) is 0 Å². The fraction of sp³-hybridized carbons (Fsp3) is 0. The second-order valence-electron chi connectivity index (χ2n) is 18.4. The Hall–Kier alpha value is -10.1. The third-order valence-corrected chi connectivity index (χ3v) is 14.2. The number of furan rings is 1. The Labute approximate surface area is 419 Å². The van der Waals surface area contributed by atoms with Crippen LogP contribution in [0.2, 0.25) is 0 Å². The average Bonchev–Trinajstić information content (AvgIpc) is 3.85. The van der Waals surface area contributed by atoms with Crippen LogP contribution in [0.25, 0.3) is 77.6 Å². The Balaban J connectivity index is 0.914. The molecular weight excluding hydrogens is 897 g/mol. The Morgan fingerprint density at radius 3 is 1.60 bits per heavy atom. The summed E-state index contributed by atoms with van der Waals surface area (Å²) in [5.74, 6) is 3.31. The number of hydrogen-bond acceptors (Lipinski definition) is 8. The zero-order valence-electron chi connectivity index (χ0n) is 39.1. The first-order chi connectivity index (χ1) is 36.2. The highest BCUT2D eigenvalue weighted by molar-refractivity contribution is 6.12. The number of fused-ring (bicyclic) bond motifs is 9. The van der Waals surface area contributed by atoms with E-state index in [-0.39, 0.29) is 0 Å². The minimum Gasteiger partial charge on any atom is -0.455 e. The van der Waals surface area contributed by atoms with Gasteiger partial charge >= 0.3 is 0 Å². The average molecular weight is 937 g/mol. The van der Waals surface area contributed by atoms with Gasteiger partial charge < -0.3 is 23.9 Å². The molecule has 2 aromatic heterocycles. The summed E-state index contributed by atoms with van der Waals surface area (Å²) in [6, 6.07) is 84.7. The monoisotopic (exact) mass is 936 g/mol. The molecule has 8 nitrogen and oxygen atoms in total. The highest BCUT2D eigenvalue weighted by atomic mass is 16.5. The lowest BCUT2D eigenvalue weighted by atomic mass is 9.99. The highest BCUT2D eigenvalue weighted by Gasteiger charge is 2.34. The third kappa shape index (κ3) is 6.51. The molecule has 13 aromatic rings. The van der Waals surface area contributed by atoms with E-state index in [4.69, 9.17) is 24.1 Å². The first-order valence-electron chi connectivity index (χ1n) is 24.4. The molecule has 342 valence electrons. The predicted octanol–water partition coefficient (Wildman–Crippen LogP) is 17.9. The molecule has 0 N–H and O–H groups in total. The van der Waals surface area contributed by atoms with Gasteiger partial charge in [-0.2, -0.15) is 0 Å². The van der Waals surface area contributed by atoms with Crippen LogP contribution >= 0.6 is 0 Å². The smallest absolute Gasteiger partial charge is 0.167 e. The maximum Gasteiger partial charge on any atom is 0.167 e. The Morgan fingerprint density at radius 2 is 0.836 bits per heavy atom. The summed E-state index contributed by atoms with van der Waals surface area (Å²) in [6.07, 6.45) is 0. The van der Waals surface area contributed by atoms with Gasteiger partial charge in [-0.05, 0) is 95.7 Å². The van der Waals surface area contributed by atoms with Gasteiger partial charge in [-0.1, -0.05) is 158 Å². The minimum atomic E-state index is 0.545. The molecule has 73 heavy (non-hydrogen) atoms. The number of benzene rings is 11. The molecule has 0 saturated carbocycles. The number of hydrogen-bond donors (Lipinski definition) is 0. The van der Waals surface area contributed by atoms with Crippen molar-refractivity contribution in [3.8, 4) is 45.7 Å². The second-order valence-corrected chi connectivity index (χ2v) is 18.4. The number of anilines is 9. The summed E-state index contributed by atoms with van der Waals surface area (Å²) >= 11 is 0. The van der Waals surface area contributed by atoms with Crippen LogP contribution in [0.3, 0.4) is 0 Å². The van der Waals surface area contributed by atoms with Crippen molar-refractivity contribution >= 4 is 94.7 Å². The van der Waals surface area contributed by atoms with E-state index in [0.717, 1.165) is 117 Å². The molecule has 2 aliphatic rings. The van der Waals surface area contributed by atoms with E-state index in [1.54, 1.807) is 0 Å². The van der Waals surface area contributed by atoms with Crippen molar-refractivity contribution in [3.63, 3.8) is 0 Å². The van der Waals surface area contributed by atoms with E-state index >= 15 is 0 Å². The van der Waals surface area contributed by atoms with Crippen LogP contribution < -0.4 is 19.4 Å². The molecule has 11 aromatic carbocycles. The van der Waals surface area contributed by atoms with Gasteiger partial charge in [0.2, 0.25) is 0 Å². The van der Waals surface area contributed by atoms with Crippen LogP contribution in [0.1, 0.15) is 0 Å². The molecule has 4 heterocycles. The molecule has 0 radical (unpaired) electrons. The SMILES string of the molecule is c1ccc(-c2nc(-c3ccc4c(N5c6ccccc6N(c6cccc7ccccc67)c6cc(N7c8ccccc8Oc8ccccc87)ccc65)cccc4c3)nc(-c3cccc4c3oc3ccccc34)n2)cc1. The van der Waals surface area contributed by atoms with Crippen molar-refractivity contribution < 1.29 is 9.15 Å². The molecular formula is C65H40N6O2. The van der Waals surface area contributed by atoms with Gasteiger partial charge in [0.25, 0.3) is 0 Å². The molecule has 0 saturated heterocycles. The maximum atomic E-state index is 6.51. The van der Waals surface area contributed by atoms with Crippen molar-refractivity contribution in [1.29, 1.82) is 0 Å². The Kier molecular flexibility index (Phi) is 9.09. The normalized spacial score (nSPS) is 12.7. The summed E-state index contributed by atoms with van der Waals surface area (Å²) in [7, 11) is 0. The van der Waals surface area contributed by atoms with Crippen LogP contribution in [0.5, 0.6) is 11.5 Å². The van der Waals surface area contributed by atoms with Crippen LogP contribution in [0, 0.1) is 0 Å². The van der Waals surface area contributed by atoms with Crippen LogP contribution in [0.15, 0.2) is 247 Å². The first-order valence-corrected chi connectivity index (χ1v) is 24.4. The molecule has 0 atom stereocenters. The second kappa shape index (κ2) is 16.3. The topological polar surface area (TPSA) is 70.8 Å².